The topological polar surface area (TPSA) is 6.48 Å². The van der Waals surface area contributed by atoms with E-state index in [9.17, 15) is 0 Å². The predicted molar refractivity (Wildman–Crippen MR) is 66.2 cm³/mol. The summed E-state index contributed by atoms with van der Waals surface area (Å²) in [5.74, 6) is 0. The fourth-order valence-electron chi connectivity index (χ4n) is 2.23. The Morgan fingerprint density at radius 2 is 2.14 bits per heavy atom. The second kappa shape index (κ2) is 6.81. The largest absolute Gasteiger partial charge is 0.308 e. The molecule has 2 nitrogen and oxygen atoms in total. The summed E-state index contributed by atoms with van der Waals surface area (Å²) in [7, 11) is 4.35. The van der Waals surface area contributed by atoms with Crippen LogP contribution < -0.4 is 0 Å². The minimum atomic E-state index is 0.820. The van der Waals surface area contributed by atoms with Crippen LogP contribution in [0.4, 0.5) is 0 Å². The third kappa shape index (κ3) is 4.28. The molecule has 0 aliphatic carbocycles. The SMILES string of the molecule is CN(C)CC1CCCN1CCCCBr. The first-order chi connectivity index (χ1) is 6.74. The third-order valence-electron chi connectivity index (χ3n) is 2.90. The minimum Gasteiger partial charge on any atom is -0.308 e. The number of hydrogen-bond donors (Lipinski definition) is 0. The summed E-state index contributed by atoms with van der Waals surface area (Å²) in [6, 6.07) is 0.820. The zero-order chi connectivity index (χ0) is 10.4. The van der Waals surface area contributed by atoms with Crippen LogP contribution in [0.2, 0.25) is 0 Å². The quantitative estimate of drug-likeness (QED) is 0.535. The Balaban J connectivity index is 2.21. The predicted octanol–water partition coefficient (Wildman–Crippen LogP) is 2.19. The summed E-state index contributed by atoms with van der Waals surface area (Å²) in [5.41, 5.74) is 0. The molecular weight excluding hydrogens is 240 g/mol. The molecule has 1 saturated heterocycles. The van der Waals surface area contributed by atoms with Crippen LogP contribution in [0.25, 0.3) is 0 Å². The monoisotopic (exact) mass is 262 g/mol. The molecule has 1 heterocycles. The number of alkyl halides is 1. The van der Waals surface area contributed by atoms with E-state index in [0.29, 0.717) is 0 Å². The summed E-state index contributed by atoms with van der Waals surface area (Å²) >= 11 is 3.49. The van der Waals surface area contributed by atoms with Crippen LogP contribution >= 0.6 is 15.9 Å². The Labute approximate surface area is 96.8 Å². The van der Waals surface area contributed by atoms with Gasteiger partial charge in [0.15, 0.2) is 0 Å². The van der Waals surface area contributed by atoms with Crippen LogP contribution in [0.1, 0.15) is 25.7 Å². The van der Waals surface area contributed by atoms with E-state index in [0.717, 1.165) is 11.4 Å². The van der Waals surface area contributed by atoms with Crippen molar-refractivity contribution in [2.45, 2.75) is 31.7 Å². The van der Waals surface area contributed by atoms with E-state index in [4.69, 9.17) is 0 Å². The number of likely N-dealkylation sites (tertiary alicyclic amines) is 1. The maximum Gasteiger partial charge on any atom is 0.0223 e. The molecule has 1 rings (SSSR count). The molecule has 0 radical (unpaired) electrons. The maximum atomic E-state index is 3.49. The van der Waals surface area contributed by atoms with Crippen molar-refractivity contribution in [2.24, 2.45) is 0 Å². The summed E-state index contributed by atoms with van der Waals surface area (Å²) in [4.78, 5) is 4.98. The zero-order valence-corrected chi connectivity index (χ0v) is 11.1. The van der Waals surface area contributed by atoms with Crippen molar-refractivity contribution in [3.63, 3.8) is 0 Å². The molecule has 1 aliphatic heterocycles. The lowest BCUT2D eigenvalue weighted by Crippen LogP contribution is -2.38. The molecule has 0 aromatic heterocycles. The van der Waals surface area contributed by atoms with Crippen LogP contribution in [0.15, 0.2) is 0 Å². The molecule has 1 unspecified atom stereocenters. The average molecular weight is 263 g/mol. The number of unbranched alkanes of at least 4 members (excludes halogenated alkanes) is 1. The number of nitrogens with zero attached hydrogens (tertiary/aromatic N) is 2. The molecule has 0 aromatic rings. The summed E-state index contributed by atoms with van der Waals surface area (Å²) in [6.07, 6.45) is 5.44. The molecule has 84 valence electrons. The molecule has 0 amide bonds. The van der Waals surface area contributed by atoms with Gasteiger partial charge < -0.3 is 4.90 Å². The fourth-order valence-corrected chi connectivity index (χ4v) is 2.62. The van der Waals surface area contributed by atoms with Gasteiger partial charge in [-0.2, -0.15) is 0 Å². The van der Waals surface area contributed by atoms with Crippen LogP contribution in [0.5, 0.6) is 0 Å². The fraction of sp³-hybridized carbons (Fsp3) is 1.00. The first-order valence-corrected chi connectivity index (χ1v) is 6.81. The molecule has 0 bridgehead atoms. The molecule has 1 aliphatic rings. The molecule has 0 saturated carbocycles. The molecule has 3 heteroatoms. The molecule has 0 N–H and O–H groups in total. The van der Waals surface area contributed by atoms with Crippen molar-refractivity contribution in [3.05, 3.63) is 0 Å². The van der Waals surface area contributed by atoms with Gasteiger partial charge in [0.05, 0.1) is 0 Å². The van der Waals surface area contributed by atoms with Gasteiger partial charge in [-0.1, -0.05) is 15.9 Å². The summed E-state index contributed by atoms with van der Waals surface area (Å²) in [5, 5.41) is 1.15. The molecule has 14 heavy (non-hydrogen) atoms. The number of halogens is 1. The van der Waals surface area contributed by atoms with Crippen LogP contribution in [-0.4, -0.2) is 54.9 Å². The van der Waals surface area contributed by atoms with Crippen LogP contribution in [-0.2, 0) is 0 Å². The van der Waals surface area contributed by atoms with E-state index in [1.165, 1.54) is 45.3 Å². The van der Waals surface area contributed by atoms with Gasteiger partial charge in [0.1, 0.15) is 0 Å². The van der Waals surface area contributed by atoms with E-state index >= 15 is 0 Å². The highest BCUT2D eigenvalue weighted by atomic mass is 79.9. The van der Waals surface area contributed by atoms with Gasteiger partial charge in [-0.25, -0.2) is 0 Å². The third-order valence-corrected chi connectivity index (χ3v) is 3.46. The summed E-state index contributed by atoms with van der Waals surface area (Å²) < 4.78 is 0. The van der Waals surface area contributed by atoms with Crippen LogP contribution in [0.3, 0.4) is 0 Å². The van der Waals surface area contributed by atoms with Gasteiger partial charge in [-0.05, 0) is 52.9 Å². The van der Waals surface area contributed by atoms with Gasteiger partial charge in [0.2, 0.25) is 0 Å². The lowest BCUT2D eigenvalue weighted by molar-refractivity contribution is 0.206. The minimum absolute atomic E-state index is 0.820. The smallest absolute Gasteiger partial charge is 0.0223 e. The second-order valence-corrected chi connectivity index (χ2v) is 5.28. The van der Waals surface area contributed by atoms with E-state index in [2.05, 4.69) is 39.8 Å². The first kappa shape index (κ1) is 12.5. The van der Waals surface area contributed by atoms with Gasteiger partial charge in [0, 0.05) is 17.9 Å². The number of hydrogen-bond acceptors (Lipinski definition) is 2. The molecule has 0 aromatic carbocycles. The van der Waals surface area contributed by atoms with E-state index < -0.39 is 0 Å². The Kier molecular flexibility index (Phi) is 6.06. The Bertz CT molecular complexity index is 150. The van der Waals surface area contributed by atoms with Gasteiger partial charge in [0.25, 0.3) is 0 Å². The van der Waals surface area contributed by atoms with Crippen molar-refractivity contribution in [3.8, 4) is 0 Å². The summed E-state index contributed by atoms with van der Waals surface area (Å²) in [6.45, 7) is 3.85. The Morgan fingerprint density at radius 1 is 1.36 bits per heavy atom. The number of rotatable bonds is 6. The average Bonchev–Trinajstić information content (AvgIpc) is 2.52. The van der Waals surface area contributed by atoms with E-state index in [1.54, 1.807) is 0 Å². The van der Waals surface area contributed by atoms with Crippen molar-refractivity contribution in [2.75, 3.05) is 39.1 Å². The lowest BCUT2D eigenvalue weighted by Gasteiger charge is -2.26. The van der Waals surface area contributed by atoms with E-state index in [-0.39, 0.29) is 0 Å². The highest BCUT2D eigenvalue weighted by molar-refractivity contribution is 9.09. The molecule has 1 atom stereocenters. The zero-order valence-electron chi connectivity index (χ0n) is 9.51. The van der Waals surface area contributed by atoms with Gasteiger partial charge in [-0.3, -0.25) is 4.90 Å². The van der Waals surface area contributed by atoms with Gasteiger partial charge >= 0.3 is 0 Å². The van der Waals surface area contributed by atoms with Crippen molar-refractivity contribution in [1.29, 1.82) is 0 Å². The van der Waals surface area contributed by atoms with Crippen molar-refractivity contribution < 1.29 is 0 Å². The van der Waals surface area contributed by atoms with Crippen molar-refractivity contribution >= 4 is 15.9 Å². The highest BCUT2D eigenvalue weighted by Crippen LogP contribution is 2.18. The number of likely N-dealkylation sites (N-methyl/N-ethyl adjacent to an activating group) is 1. The Hall–Kier alpha value is 0.400. The molecular formula is C11H23BrN2. The maximum absolute atomic E-state index is 3.49. The van der Waals surface area contributed by atoms with E-state index in [1.807, 2.05) is 0 Å². The van der Waals surface area contributed by atoms with Gasteiger partial charge in [-0.15, -0.1) is 0 Å². The molecule has 1 fully saturated rings. The first-order valence-electron chi connectivity index (χ1n) is 5.69. The lowest BCUT2D eigenvalue weighted by atomic mass is 10.2. The highest BCUT2D eigenvalue weighted by Gasteiger charge is 2.23. The normalized spacial score (nSPS) is 23.6. The standard InChI is InChI=1S/C11H23BrN2/c1-13(2)10-11-6-5-9-14(11)8-4-3-7-12/h11H,3-10H2,1-2H3. The second-order valence-electron chi connectivity index (χ2n) is 4.49. The Morgan fingerprint density at radius 3 is 2.79 bits per heavy atom. The molecule has 0 spiro atoms. The van der Waals surface area contributed by atoms with Crippen molar-refractivity contribution in [1.82, 2.24) is 9.80 Å². The van der Waals surface area contributed by atoms with Crippen LogP contribution in [0, 0.1) is 0 Å².